The van der Waals surface area contributed by atoms with Gasteiger partial charge in [-0.3, -0.25) is 9.59 Å². The summed E-state index contributed by atoms with van der Waals surface area (Å²) < 4.78 is 27.2. The van der Waals surface area contributed by atoms with Crippen molar-refractivity contribution >= 4 is 35.5 Å². The van der Waals surface area contributed by atoms with Crippen molar-refractivity contribution in [3.05, 3.63) is 36.4 Å². The van der Waals surface area contributed by atoms with E-state index in [1.54, 1.807) is 6.08 Å². The van der Waals surface area contributed by atoms with Crippen molar-refractivity contribution in [3.63, 3.8) is 0 Å². The molecule has 7 heteroatoms. The Morgan fingerprint density at radius 1 is 1.42 bits per heavy atom. The quantitative estimate of drug-likeness (QED) is 0.460. The molecule has 1 aromatic rings. The summed E-state index contributed by atoms with van der Waals surface area (Å²) in [6.45, 7) is 3.49. The van der Waals surface area contributed by atoms with Crippen molar-refractivity contribution in [2.45, 2.75) is 0 Å². The highest BCUT2D eigenvalue weighted by Gasteiger charge is 2.15. The van der Waals surface area contributed by atoms with Gasteiger partial charge in [0, 0.05) is 5.75 Å². The number of carbonyl (C=O) groups excluding carboxylic acids is 2. The van der Waals surface area contributed by atoms with Gasteiger partial charge in [0.25, 0.3) is 0 Å². The number of nitrogens with one attached hydrogen (secondary N) is 2. The summed E-state index contributed by atoms with van der Waals surface area (Å²) in [4.78, 5) is 21.7. The normalized spacial score (nSPS) is 9.79. The number of benzene rings is 1. The summed E-state index contributed by atoms with van der Waals surface area (Å²) in [7, 11) is 0. The lowest BCUT2D eigenvalue weighted by atomic mass is 10.2. The molecule has 2 amide bonds. The molecular formula is C12H12F2N2O2S. The van der Waals surface area contributed by atoms with Crippen LogP contribution in [-0.4, -0.2) is 23.8 Å². The largest absolute Gasteiger partial charge is 0.326 e. The predicted molar refractivity (Wildman–Crippen MR) is 72.2 cm³/mol. The Balaban J connectivity index is 2.81. The van der Waals surface area contributed by atoms with E-state index in [0.29, 0.717) is 5.75 Å². The van der Waals surface area contributed by atoms with Gasteiger partial charge in [-0.05, 0) is 12.1 Å². The fourth-order valence-corrected chi connectivity index (χ4v) is 1.79. The van der Waals surface area contributed by atoms with Gasteiger partial charge in [0.05, 0.1) is 11.4 Å². The van der Waals surface area contributed by atoms with Crippen LogP contribution in [0.3, 0.4) is 0 Å². The molecule has 4 nitrogen and oxygen atoms in total. The summed E-state index contributed by atoms with van der Waals surface area (Å²) >= 11 is 1.26. The standard InChI is InChI=1S/C12H12F2N2O2S/c1-2-5-19-6-10(18)16-12-8(13)3-4-9(11(12)14)15-7-17/h2-4,7H,1,5-6H2,(H,15,17)(H,16,18). The van der Waals surface area contributed by atoms with Crippen molar-refractivity contribution in [3.8, 4) is 0 Å². The summed E-state index contributed by atoms with van der Waals surface area (Å²) in [5.74, 6) is -1.85. The third-order valence-electron chi connectivity index (χ3n) is 2.04. The van der Waals surface area contributed by atoms with E-state index in [1.165, 1.54) is 11.8 Å². The maximum absolute atomic E-state index is 13.8. The van der Waals surface area contributed by atoms with Crippen LogP contribution < -0.4 is 10.6 Å². The summed E-state index contributed by atoms with van der Waals surface area (Å²) in [6.07, 6.45) is 1.88. The fraction of sp³-hybridized carbons (Fsp3) is 0.167. The molecular weight excluding hydrogens is 274 g/mol. The van der Waals surface area contributed by atoms with Crippen molar-refractivity contribution in [1.82, 2.24) is 0 Å². The molecule has 0 aromatic heterocycles. The van der Waals surface area contributed by atoms with Crippen molar-refractivity contribution in [2.75, 3.05) is 22.1 Å². The number of amides is 2. The molecule has 0 aliphatic carbocycles. The zero-order valence-corrected chi connectivity index (χ0v) is 10.7. The van der Waals surface area contributed by atoms with Gasteiger partial charge in [0.15, 0.2) is 5.82 Å². The van der Waals surface area contributed by atoms with E-state index < -0.39 is 23.2 Å². The SMILES string of the molecule is C=CCSCC(=O)Nc1c(F)ccc(NC=O)c1F. The van der Waals surface area contributed by atoms with Gasteiger partial charge < -0.3 is 10.6 Å². The first kappa shape index (κ1) is 15.2. The minimum Gasteiger partial charge on any atom is -0.326 e. The Labute approximate surface area is 113 Å². The first-order chi connectivity index (χ1) is 9.10. The van der Waals surface area contributed by atoms with Crippen LogP contribution >= 0.6 is 11.8 Å². The van der Waals surface area contributed by atoms with E-state index in [1.807, 2.05) is 0 Å². The predicted octanol–water partition coefficient (Wildman–Crippen LogP) is 2.39. The van der Waals surface area contributed by atoms with E-state index in [0.717, 1.165) is 12.1 Å². The highest BCUT2D eigenvalue weighted by atomic mass is 32.2. The molecule has 0 aliphatic rings. The Hall–Kier alpha value is -1.89. The van der Waals surface area contributed by atoms with Crippen LogP contribution in [0, 0.1) is 11.6 Å². The molecule has 2 N–H and O–H groups in total. The van der Waals surface area contributed by atoms with Crippen molar-refractivity contribution < 1.29 is 18.4 Å². The van der Waals surface area contributed by atoms with Gasteiger partial charge in [-0.2, -0.15) is 0 Å². The van der Waals surface area contributed by atoms with Gasteiger partial charge in [-0.15, -0.1) is 18.3 Å². The van der Waals surface area contributed by atoms with E-state index in [-0.39, 0.29) is 17.9 Å². The van der Waals surface area contributed by atoms with Crippen LogP contribution in [0.5, 0.6) is 0 Å². The molecule has 0 bridgehead atoms. The van der Waals surface area contributed by atoms with Gasteiger partial charge >= 0.3 is 0 Å². The van der Waals surface area contributed by atoms with Gasteiger partial charge in [-0.1, -0.05) is 6.08 Å². The number of thioether (sulfide) groups is 1. The molecule has 0 saturated heterocycles. The molecule has 1 rings (SSSR count). The first-order valence-electron chi connectivity index (χ1n) is 5.26. The third kappa shape index (κ3) is 4.36. The molecule has 0 aliphatic heterocycles. The second-order valence-corrected chi connectivity index (χ2v) is 4.43. The van der Waals surface area contributed by atoms with E-state index >= 15 is 0 Å². The molecule has 0 radical (unpaired) electrons. The lowest BCUT2D eigenvalue weighted by Gasteiger charge is -2.10. The van der Waals surface area contributed by atoms with Gasteiger partial charge in [0.2, 0.25) is 12.3 Å². The minimum absolute atomic E-state index is 0.0518. The van der Waals surface area contributed by atoms with Crippen LogP contribution in [0.15, 0.2) is 24.8 Å². The molecule has 0 heterocycles. The summed E-state index contributed by atoms with van der Waals surface area (Å²) in [5, 5.41) is 4.21. The molecule has 102 valence electrons. The molecule has 19 heavy (non-hydrogen) atoms. The number of hydrogen-bond donors (Lipinski definition) is 2. The maximum Gasteiger partial charge on any atom is 0.234 e. The van der Waals surface area contributed by atoms with Crippen molar-refractivity contribution in [1.29, 1.82) is 0 Å². The molecule has 1 aromatic carbocycles. The third-order valence-corrected chi connectivity index (χ3v) is 2.98. The minimum atomic E-state index is -1.02. The molecule has 0 fully saturated rings. The molecule has 0 saturated carbocycles. The number of anilines is 2. The highest BCUT2D eigenvalue weighted by molar-refractivity contribution is 8.00. The second-order valence-electron chi connectivity index (χ2n) is 3.40. The number of rotatable bonds is 7. The van der Waals surface area contributed by atoms with Crippen LogP contribution in [0.25, 0.3) is 0 Å². The zero-order valence-electron chi connectivity index (χ0n) is 9.91. The summed E-state index contributed by atoms with van der Waals surface area (Å²) in [6, 6.07) is 2.03. The van der Waals surface area contributed by atoms with E-state index in [2.05, 4.69) is 17.2 Å². The number of carbonyl (C=O) groups is 2. The summed E-state index contributed by atoms with van der Waals surface area (Å²) in [5.41, 5.74) is -0.776. The lowest BCUT2D eigenvalue weighted by Crippen LogP contribution is -2.17. The zero-order chi connectivity index (χ0) is 14.3. The fourth-order valence-electron chi connectivity index (χ4n) is 1.25. The van der Waals surface area contributed by atoms with Crippen molar-refractivity contribution in [2.24, 2.45) is 0 Å². The number of hydrogen-bond acceptors (Lipinski definition) is 3. The molecule has 0 atom stereocenters. The Bertz CT molecular complexity index is 495. The van der Waals surface area contributed by atoms with Gasteiger partial charge in [-0.25, -0.2) is 8.78 Å². The first-order valence-corrected chi connectivity index (χ1v) is 6.42. The average Bonchev–Trinajstić information content (AvgIpc) is 2.38. The Morgan fingerprint density at radius 3 is 2.79 bits per heavy atom. The van der Waals surface area contributed by atoms with Crippen LogP contribution in [0.4, 0.5) is 20.2 Å². The Kier molecular flexibility index (Phi) is 6.01. The van der Waals surface area contributed by atoms with Crippen LogP contribution in [-0.2, 0) is 9.59 Å². The topological polar surface area (TPSA) is 58.2 Å². The van der Waals surface area contributed by atoms with Crippen LogP contribution in [0.1, 0.15) is 0 Å². The lowest BCUT2D eigenvalue weighted by molar-refractivity contribution is -0.113. The van der Waals surface area contributed by atoms with E-state index in [4.69, 9.17) is 0 Å². The molecule has 0 unspecified atom stereocenters. The Morgan fingerprint density at radius 2 is 2.16 bits per heavy atom. The smallest absolute Gasteiger partial charge is 0.234 e. The second kappa shape index (κ2) is 7.52. The van der Waals surface area contributed by atoms with Gasteiger partial charge in [0.1, 0.15) is 11.5 Å². The number of halogens is 2. The average molecular weight is 286 g/mol. The highest BCUT2D eigenvalue weighted by Crippen LogP contribution is 2.25. The monoisotopic (exact) mass is 286 g/mol. The molecule has 0 spiro atoms. The maximum atomic E-state index is 13.8. The van der Waals surface area contributed by atoms with Crippen LogP contribution in [0.2, 0.25) is 0 Å². The van der Waals surface area contributed by atoms with E-state index in [9.17, 15) is 18.4 Å².